The molecule has 3 atom stereocenters. The Morgan fingerprint density at radius 1 is 1.16 bits per heavy atom. The first-order valence-corrected chi connectivity index (χ1v) is 12.4. The van der Waals surface area contributed by atoms with E-state index >= 15 is 0 Å². The third kappa shape index (κ3) is 4.50. The van der Waals surface area contributed by atoms with Crippen molar-refractivity contribution < 1.29 is 13.9 Å². The number of piperidine rings is 1. The van der Waals surface area contributed by atoms with E-state index in [1.807, 2.05) is 25.1 Å². The molecule has 172 valence electrons. The van der Waals surface area contributed by atoms with E-state index in [9.17, 15) is 9.59 Å². The van der Waals surface area contributed by atoms with Gasteiger partial charge in [0.2, 0.25) is 0 Å². The Kier molecular flexibility index (Phi) is 6.11. The second-order valence-corrected chi connectivity index (χ2v) is 10.5. The molecular formula is C27H35NO4. The van der Waals surface area contributed by atoms with Crippen LogP contribution in [-0.4, -0.2) is 36.9 Å². The molecule has 2 saturated carbocycles. The van der Waals surface area contributed by atoms with Crippen LogP contribution in [0.25, 0.3) is 11.0 Å². The van der Waals surface area contributed by atoms with Gasteiger partial charge in [-0.15, -0.1) is 0 Å². The van der Waals surface area contributed by atoms with Crippen LogP contribution in [0.4, 0.5) is 0 Å². The van der Waals surface area contributed by atoms with Crippen molar-refractivity contribution in [3.8, 4) is 5.75 Å². The Balaban J connectivity index is 1.25. The van der Waals surface area contributed by atoms with Gasteiger partial charge in [-0.1, -0.05) is 6.42 Å². The van der Waals surface area contributed by atoms with Crippen LogP contribution in [0, 0.1) is 24.7 Å². The molecule has 2 aliphatic carbocycles. The van der Waals surface area contributed by atoms with Gasteiger partial charge >= 0.3 is 5.63 Å². The fraction of sp³-hybridized carbons (Fsp3) is 0.630. The topological polar surface area (TPSA) is 59.8 Å². The summed E-state index contributed by atoms with van der Waals surface area (Å²) in [6, 6.07) is 5.75. The Labute approximate surface area is 190 Å². The molecule has 2 bridgehead atoms. The second-order valence-electron chi connectivity index (χ2n) is 10.5. The van der Waals surface area contributed by atoms with E-state index in [-0.39, 0.29) is 18.3 Å². The molecule has 1 saturated heterocycles. The first-order valence-electron chi connectivity index (χ1n) is 12.4. The van der Waals surface area contributed by atoms with Crippen molar-refractivity contribution in [3.05, 3.63) is 39.7 Å². The summed E-state index contributed by atoms with van der Waals surface area (Å²) in [6.45, 7) is 4.01. The third-order valence-corrected chi connectivity index (χ3v) is 8.20. The fourth-order valence-corrected chi connectivity index (χ4v) is 6.26. The average molecular weight is 438 g/mol. The Morgan fingerprint density at radius 3 is 2.69 bits per heavy atom. The number of hydrogen-bond acceptors (Lipinski definition) is 5. The van der Waals surface area contributed by atoms with Gasteiger partial charge in [-0.2, -0.15) is 0 Å². The maximum absolute atomic E-state index is 12.7. The van der Waals surface area contributed by atoms with Gasteiger partial charge in [0.05, 0.1) is 0 Å². The minimum atomic E-state index is -0.398. The van der Waals surface area contributed by atoms with Crippen molar-refractivity contribution in [2.45, 2.75) is 70.8 Å². The first-order chi connectivity index (χ1) is 15.5. The molecule has 2 aromatic rings. The molecule has 3 aliphatic rings. The molecule has 3 unspecified atom stereocenters. The second kappa shape index (κ2) is 9.01. The standard InChI is InChI=1S/C27H35NO4/c1-17-25(31-24-9-11-28(2)12-10-24)8-6-21-15-22(27(30)32-26(17)21)16-23(29)7-5-20-14-18-3-4-19(20)13-18/h6,8,15,18-20,24H,3-5,7,9-14,16H2,1-2H3. The Hall–Kier alpha value is -2.14. The van der Waals surface area contributed by atoms with Crippen LogP contribution in [-0.2, 0) is 11.2 Å². The highest BCUT2D eigenvalue weighted by Crippen LogP contribution is 2.49. The zero-order chi connectivity index (χ0) is 22.2. The van der Waals surface area contributed by atoms with E-state index in [2.05, 4.69) is 11.9 Å². The van der Waals surface area contributed by atoms with Gasteiger partial charge in [0.25, 0.3) is 0 Å². The number of carbonyl (C=O) groups excluding carboxylic acids is 1. The van der Waals surface area contributed by atoms with Gasteiger partial charge in [-0.05, 0) is 88.4 Å². The van der Waals surface area contributed by atoms with Crippen molar-refractivity contribution >= 4 is 16.8 Å². The largest absolute Gasteiger partial charge is 0.490 e. The normalized spacial score (nSPS) is 26.1. The molecule has 5 heteroatoms. The number of likely N-dealkylation sites (tertiary alicyclic amines) is 1. The predicted octanol–water partition coefficient (Wildman–Crippen LogP) is 4.90. The maximum atomic E-state index is 12.7. The number of hydrogen-bond donors (Lipinski definition) is 0. The van der Waals surface area contributed by atoms with Gasteiger partial charge in [-0.25, -0.2) is 4.79 Å². The number of nitrogens with zero attached hydrogens (tertiary/aromatic N) is 1. The minimum absolute atomic E-state index is 0.151. The summed E-state index contributed by atoms with van der Waals surface area (Å²) >= 11 is 0. The van der Waals surface area contributed by atoms with Crippen LogP contribution in [0.5, 0.6) is 5.75 Å². The zero-order valence-electron chi connectivity index (χ0n) is 19.4. The van der Waals surface area contributed by atoms with E-state index in [1.165, 1.54) is 25.7 Å². The molecule has 5 nitrogen and oxygen atoms in total. The van der Waals surface area contributed by atoms with Crippen LogP contribution in [0.1, 0.15) is 62.5 Å². The quantitative estimate of drug-likeness (QED) is 0.577. The van der Waals surface area contributed by atoms with Crippen molar-refractivity contribution in [2.24, 2.45) is 17.8 Å². The molecule has 0 radical (unpaired) electrons. The number of Topliss-reactive ketones (excluding diaryl/α,β-unsaturated/α-hetero) is 1. The minimum Gasteiger partial charge on any atom is -0.490 e. The lowest BCUT2D eigenvalue weighted by Crippen LogP contribution is -2.35. The van der Waals surface area contributed by atoms with Gasteiger partial charge in [0.15, 0.2) is 0 Å². The van der Waals surface area contributed by atoms with Crippen LogP contribution in [0.15, 0.2) is 27.4 Å². The van der Waals surface area contributed by atoms with Gasteiger partial charge < -0.3 is 14.1 Å². The Morgan fingerprint density at radius 2 is 1.97 bits per heavy atom. The molecule has 0 N–H and O–H groups in total. The van der Waals surface area contributed by atoms with Crippen LogP contribution >= 0.6 is 0 Å². The fourth-order valence-electron chi connectivity index (χ4n) is 6.26. The summed E-state index contributed by atoms with van der Waals surface area (Å²) in [5.41, 5.74) is 1.50. The van der Waals surface area contributed by atoms with Crippen molar-refractivity contribution in [2.75, 3.05) is 20.1 Å². The van der Waals surface area contributed by atoms with Crippen molar-refractivity contribution in [3.63, 3.8) is 0 Å². The number of rotatable bonds is 7. The summed E-state index contributed by atoms with van der Waals surface area (Å²) in [6.07, 6.45) is 9.34. The molecule has 1 aromatic carbocycles. The molecule has 32 heavy (non-hydrogen) atoms. The highest BCUT2D eigenvalue weighted by molar-refractivity contribution is 5.85. The number of benzene rings is 1. The third-order valence-electron chi connectivity index (χ3n) is 8.20. The van der Waals surface area contributed by atoms with Crippen LogP contribution in [0.2, 0.25) is 0 Å². The number of ketones is 1. The predicted molar refractivity (Wildman–Crippen MR) is 125 cm³/mol. The molecule has 5 rings (SSSR count). The molecule has 0 amide bonds. The molecule has 2 heterocycles. The molecular weight excluding hydrogens is 402 g/mol. The van der Waals surface area contributed by atoms with Crippen molar-refractivity contribution in [1.29, 1.82) is 0 Å². The summed E-state index contributed by atoms with van der Waals surface area (Å²) in [5, 5.41) is 0.855. The van der Waals surface area contributed by atoms with E-state index in [4.69, 9.17) is 9.15 Å². The number of ether oxygens (including phenoxy) is 1. The summed E-state index contributed by atoms with van der Waals surface area (Å²) in [7, 11) is 2.13. The Bertz CT molecular complexity index is 1050. The summed E-state index contributed by atoms with van der Waals surface area (Å²) in [5.74, 6) is 3.40. The lowest BCUT2D eigenvalue weighted by molar-refractivity contribution is -0.118. The monoisotopic (exact) mass is 437 g/mol. The molecule has 1 aromatic heterocycles. The van der Waals surface area contributed by atoms with E-state index in [0.717, 1.165) is 66.8 Å². The van der Waals surface area contributed by atoms with Gasteiger partial charge in [0.1, 0.15) is 23.2 Å². The summed E-state index contributed by atoms with van der Waals surface area (Å²) in [4.78, 5) is 27.6. The maximum Gasteiger partial charge on any atom is 0.339 e. The molecule has 3 fully saturated rings. The highest BCUT2D eigenvalue weighted by Gasteiger charge is 2.39. The van der Waals surface area contributed by atoms with Crippen molar-refractivity contribution in [1.82, 2.24) is 4.90 Å². The molecule has 1 aliphatic heterocycles. The smallest absolute Gasteiger partial charge is 0.339 e. The SMILES string of the molecule is Cc1c(OC2CCN(C)CC2)ccc2cc(CC(=O)CCC3CC4CCC3C4)c(=O)oc12. The number of aryl methyl sites for hydroxylation is 1. The summed E-state index contributed by atoms with van der Waals surface area (Å²) < 4.78 is 11.9. The van der Waals surface area contributed by atoms with Crippen LogP contribution < -0.4 is 10.4 Å². The molecule has 0 spiro atoms. The lowest BCUT2D eigenvalue weighted by Gasteiger charge is -2.29. The van der Waals surface area contributed by atoms with Crippen LogP contribution in [0.3, 0.4) is 0 Å². The van der Waals surface area contributed by atoms with E-state index in [0.29, 0.717) is 17.6 Å². The first kappa shape index (κ1) is 21.7. The zero-order valence-corrected chi connectivity index (χ0v) is 19.4. The van der Waals surface area contributed by atoms with Gasteiger partial charge in [-0.3, -0.25) is 4.79 Å². The van der Waals surface area contributed by atoms with E-state index in [1.54, 1.807) is 0 Å². The van der Waals surface area contributed by atoms with Gasteiger partial charge in [0, 0.05) is 42.4 Å². The highest BCUT2D eigenvalue weighted by atomic mass is 16.5. The lowest BCUT2D eigenvalue weighted by atomic mass is 9.85. The average Bonchev–Trinajstić information content (AvgIpc) is 3.40. The number of fused-ring (bicyclic) bond motifs is 3. The van der Waals surface area contributed by atoms with E-state index < -0.39 is 5.63 Å². The number of carbonyl (C=O) groups is 1.